The van der Waals surface area contributed by atoms with Gasteiger partial charge in [-0.2, -0.15) is 0 Å². The predicted octanol–water partition coefficient (Wildman–Crippen LogP) is 10.9. The van der Waals surface area contributed by atoms with Crippen LogP contribution in [0.1, 0.15) is 143 Å². The molecule has 3 heteroatoms. The monoisotopic (exact) mass is 578 g/mol. The van der Waals surface area contributed by atoms with Gasteiger partial charge in [0.05, 0.1) is 4.83 Å². The van der Waals surface area contributed by atoms with E-state index in [0.29, 0.717) is 21.2 Å². The molecule has 36 heavy (non-hydrogen) atoms. The topological polar surface area (TPSA) is 17.1 Å². The van der Waals surface area contributed by atoms with E-state index >= 15 is 0 Å². The van der Waals surface area contributed by atoms with E-state index < -0.39 is 0 Å². The van der Waals surface area contributed by atoms with Gasteiger partial charge in [0, 0.05) is 5.25 Å². The molecule has 3 saturated carbocycles. The summed E-state index contributed by atoms with van der Waals surface area (Å²) >= 11 is 5.34. The largest absolute Gasteiger partial charge is 0.286 e. The van der Waals surface area contributed by atoms with Crippen molar-refractivity contribution < 1.29 is 4.79 Å². The van der Waals surface area contributed by atoms with Crippen molar-refractivity contribution >= 4 is 32.8 Å². The van der Waals surface area contributed by atoms with Crippen LogP contribution < -0.4 is 0 Å². The van der Waals surface area contributed by atoms with Crippen LogP contribution in [-0.2, 0) is 4.79 Å². The van der Waals surface area contributed by atoms with Gasteiger partial charge < -0.3 is 0 Å². The first kappa shape index (κ1) is 29.2. The number of thioether (sulfide) groups is 1. The number of carbonyl (C=O) groups excluding carboxylic acids is 1. The van der Waals surface area contributed by atoms with Crippen LogP contribution in [0, 0.1) is 34.5 Å². The van der Waals surface area contributed by atoms with Gasteiger partial charge in [0.15, 0.2) is 0 Å². The molecule has 206 valence electrons. The molecule has 0 bridgehead atoms. The van der Waals surface area contributed by atoms with Gasteiger partial charge in [-0.25, -0.2) is 0 Å². The molecule has 1 nitrogen and oxygen atoms in total. The Morgan fingerprint density at radius 3 is 2.50 bits per heavy atom. The third-order valence-electron chi connectivity index (χ3n) is 11.5. The number of alkyl halides is 1. The van der Waals surface area contributed by atoms with Crippen molar-refractivity contribution in [1.29, 1.82) is 0 Å². The maximum atomic E-state index is 12.8. The van der Waals surface area contributed by atoms with Crippen LogP contribution in [0.3, 0.4) is 0 Å². The van der Waals surface area contributed by atoms with Gasteiger partial charge in [0.2, 0.25) is 5.12 Å². The molecule has 0 aromatic rings. The molecule has 0 aliphatic heterocycles. The smallest absolute Gasteiger partial charge is 0.202 e. The Kier molecular flexibility index (Phi) is 10.6. The summed E-state index contributed by atoms with van der Waals surface area (Å²) in [6.07, 6.45) is 27.0. The SMILES string of the molecule is CCCCCCCC[C@H]1CC[C@H]2[C@@H]3CC=C4C[C@@H](SC(=O)C(Br)CCCC)CC[C@]4(C)[C@H]3CC[C@]12C. The van der Waals surface area contributed by atoms with Crippen LogP contribution in [0.15, 0.2) is 11.6 Å². The molecule has 3 fully saturated rings. The van der Waals surface area contributed by atoms with Crippen molar-refractivity contribution in [3.63, 3.8) is 0 Å². The van der Waals surface area contributed by atoms with Gasteiger partial charge in [0.1, 0.15) is 0 Å². The van der Waals surface area contributed by atoms with E-state index in [4.69, 9.17) is 0 Å². The lowest BCUT2D eigenvalue weighted by Gasteiger charge is -2.58. The number of carbonyl (C=O) groups is 1. The van der Waals surface area contributed by atoms with E-state index in [9.17, 15) is 4.79 Å². The molecule has 0 saturated heterocycles. The quantitative estimate of drug-likeness (QED) is 0.130. The van der Waals surface area contributed by atoms with Crippen molar-refractivity contribution in [2.75, 3.05) is 0 Å². The van der Waals surface area contributed by atoms with Gasteiger partial charge in [-0.3, -0.25) is 4.79 Å². The van der Waals surface area contributed by atoms with Crippen LogP contribution in [0.2, 0.25) is 0 Å². The van der Waals surface area contributed by atoms with Crippen LogP contribution in [0.4, 0.5) is 0 Å². The molecule has 0 N–H and O–H groups in total. The standard InChI is InChI=1S/C33H55BrOS/c1-5-7-9-10-11-12-13-24-16-18-28-27-17-15-25-23-26(36-31(35)30(34)14-8-6-2)19-21-33(25,4)29(27)20-22-32(24,28)3/h15,24,26-30H,5-14,16-23H2,1-4H3/t24-,26-,27-,28-,29-,30?,32+,33-/m0/s1. The molecule has 0 radical (unpaired) electrons. The van der Waals surface area contributed by atoms with Crippen molar-refractivity contribution in [3.05, 3.63) is 11.6 Å². The molecular weight excluding hydrogens is 524 g/mol. The van der Waals surface area contributed by atoms with Gasteiger partial charge in [-0.1, -0.05) is 118 Å². The summed E-state index contributed by atoms with van der Waals surface area (Å²) in [5, 5.41) is 0.874. The second-order valence-corrected chi connectivity index (χ2v) is 16.0. The molecule has 0 heterocycles. The normalized spacial score (nSPS) is 38.6. The first-order chi connectivity index (χ1) is 17.3. The maximum Gasteiger partial charge on any atom is 0.202 e. The Bertz CT molecular complexity index is 763. The van der Waals surface area contributed by atoms with E-state index in [0.717, 1.165) is 49.4 Å². The molecule has 4 rings (SSSR count). The summed E-state index contributed by atoms with van der Waals surface area (Å²) in [5.41, 5.74) is 2.73. The van der Waals surface area contributed by atoms with E-state index in [1.54, 1.807) is 17.3 Å². The van der Waals surface area contributed by atoms with E-state index in [2.05, 4.69) is 49.7 Å². The first-order valence-corrected chi connectivity index (χ1v) is 17.7. The van der Waals surface area contributed by atoms with Crippen LogP contribution in [-0.4, -0.2) is 15.2 Å². The van der Waals surface area contributed by atoms with Crippen molar-refractivity contribution in [2.24, 2.45) is 34.5 Å². The van der Waals surface area contributed by atoms with Crippen LogP contribution in [0.5, 0.6) is 0 Å². The lowest BCUT2D eigenvalue weighted by molar-refractivity contribution is -0.110. The molecular formula is C33H55BrOS. The molecule has 0 amide bonds. The third kappa shape index (κ3) is 6.18. The number of halogens is 1. The van der Waals surface area contributed by atoms with E-state index in [1.165, 1.54) is 89.9 Å². The lowest BCUT2D eigenvalue weighted by Crippen LogP contribution is -2.50. The molecule has 1 unspecified atom stereocenters. The number of fused-ring (bicyclic) bond motifs is 5. The highest BCUT2D eigenvalue weighted by atomic mass is 79.9. The average Bonchev–Trinajstić information content (AvgIpc) is 3.21. The minimum Gasteiger partial charge on any atom is -0.286 e. The highest BCUT2D eigenvalue weighted by Crippen LogP contribution is 2.67. The van der Waals surface area contributed by atoms with Gasteiger partial charge in [-0.05, 0) is 98.7 Å². The van der Waals surface area contributed by atoms with Crippen molar-refractivity contribution in [1.82, 2.24) is 0 Å². The fourth-order valence-electron chi connectivity index (χ4n) is 9.22. The summed E-state index contributed by atoms with van der Waals surface area (Å²) in [6.45, 7) is 9.85. The number of hydrogen-bond donors (Lipinski definition) is 0. The highest BCUT2D eigenvalue weighted by molar-refractivity contribution is 9.10. The zero-order valence-corrected chi connectivity index (χ0v) is 26.4. The van der Waals surface area contributed by atoms with Gasteiger partial charge in [-0.15, -0.1) is 0 Å². The fraction of sp³-hybridized carbons (Fsp3) is 0.909. The van der Waals surface area contributed by atoms with Gasteiger partial charge in [0.25, 0.3) is 0 Å². The first-order valence-electron chi connectivity index (χ1n) is 15.9. The summed E-state index contributed by atoms with van der Waals surface area (Å²) in [4.78, 5) is 12.9. The maximum absolute atomic E-state index is 12.8. The summed E-state index contributed by atoms with van der Waals surface area (Å²) in [6, 6.07) is 0. The molecule has 0 spiro atoms. The lowest BCUT2D eigenvalue weighted by atomic mass is 9.47. The number of hydrogen-bond acceptors (Lipinski definition) is 2. The molecule has 0 aromatic carbocycles. The number of unbranched alkanes of at least 4 members (excludes halogenated alkanes) is 6. The van der Waals surface area contributed by atoms with Crippen LogP contribution in [0.25, 0.3) is 0 Å². The van der Waals surface area contributed by atoms with Gasteiger partial charge >= 0.3 is 0 Å². The molecule has 4 aliphatic rings. The van der Waals surface area contributed by atoms with Crippen molar-refractivity contribution in [2.45, 2.75) is 153 Å². The second-order valence-electron chi connectivity index (χ2n) is 13.5. The average molecular weight is 580 g/mol. The molecule has 8 atom stereocenters. The summed E-state index contributed by atoms with van der Waals surface area (Å²) in [7, 11) is 0. The predicted molar refractivity (Wildman–Crippen MR) is 162 cm³/mol. The number of allylic oxidation sites excluding steroid dienone is 2. The summed E-state index contributed by atoms with van der Waals surface area (Å²) < 4.78 is 0. The third-order valence-corrected chi connectivity index (χ3v) is 13.9. The minimum absolute atomic E-state index is 0.0446. The Hall–Kier alpha value is 0.240. The Labute approximate surface area is 236 Å². The van der Waals surface area contributed by atoms with Crippen molar-refractivity contribution in [3.8, 4) is 0 Å². The zero-order chi connectivity index (χ0) is 25.8. The Morgan fingerprint density at radius 1 is 0.972 bits per heavy atom. The molecule has 0 aromatic heterocycles. The Balaban J connectivity index is 1.34. The minimum atomic E-state index is 0.0446. The molecule has 4 aliphatic carbocycles. The van der Waals surface area contributed by atoms with E-state index in [1.807, 2.05) is 0 Å². The second kappa shape index (κ2) is 13.1. The Morgan fingerprint density at radius 2 is 1.72 bits per heavy atom. The zero-order valence-electron chi connectivity index (χ0n) is 24.0. The highest BCUT2D eigenvalue weighted by Gasteiger charge is 2.58. The van der Waals surface area contributed by atoms with E-state index in [-0.39, 0.29) is 4.83 Å². The van der Waals surface area contributed by atoms with Crippen LogP contribution >= 0.6 is 27.7 Å². The summed E-state index contributed by atoms with van der Waals surface area (Å²) in [5.74, 6) is 3.74. The number of rotatable bonds is 12. The fourth-order valence-corrected chi connectivity index (χ4v) is 11.0.